The summed E-state index contributed by atoms with van der Waals surface area (Å²) in [5, 5.41) is 4.34. The van der Waals surface area contributed by atoms with E-state index in [1.54, 1.807) is 0 Å². The van der Waals surface area contributed by atoms with E-state index in [0.29, 0.717) is 12.0 Å². The van der Waals surface area contributed by atoms with Crippen molar-refractivity contribution in [2.75, 3.05) is 6.54 Å². The molecule has 1 rings (SSSR count). The Labute approximate surface area is 118 Å². The van der Waals surface area contributed by atoms with Gasteiger partial charge in [-0.2, -0.15) is 0 Å². The molecule has 96 valence electrons. The molecule has 0 aromatic heterocycles. The third-order valence-electron chi connectivity index (χ3n) is 3.04. The van der Waals surface area contributed by atoms with E-state index in [1.807, 2.05) is 6.07 Å². The molecule has 2 atom stereocenters. The zero-order chi connectivity index (χ0) is 12.8. The van der Waals surface area contributed by atoms with Crippen molar-refractivity contribution in [1.82, 2.24) is 5.32 Å². The quantitative estimate of drug-likeness (QED) is 0.761. The second kappa shape index (κ2) is 7.40. The van der Waals surface area contributed by atoms with Gasteiger partial charge in [-0.05, 0) is 52.5 Å². The van der Waals surface area contributed by atoms with Gasteiger partial charge in [-0.15, -0.1) is 0 Å². The van der Waals surface area contributed by atoms with Gasteiger partial charge >= 0.3 is 0 Å². The zero-order valence-corrected chi connectivity index (χ0v) is 13.1. The van der Waals surface area contributed by atoms with Gasteiger partial charge in [-0.25, -0.2) is 0 Å². The van der Waals surface area contributed by atoms with Crippen molar-refractivity contribution in [3.8, 4) is 0 Å². The highest BCUT2D eigenvalue weighted by molar-refractivity contribution is 9.10. The minimum absolute atomic E-state index is 0.411. The van der Waals surface area contributed by atoms with E-state index < -0.39 is 0 Å². The number of rotatable bonds is 6. The van der Waals surface area contributed by atoms with E-state index >= 15 is 0 Å². The van der Waals surface area contributed by atoms with Gasteiger partial charge in [0.1, 0.15) is 0 Å². The molecule has 0 aliphatic rings. The third-order valence-corrected chi connectivity index (χ3v) is 4.25. The van der Waals surface area contributed by atoms with Crippen molar-refractivity contribution in [2.24, 2.45) is 5.92 Å². The first kappa shape index (κ1) is 15.0. The average Bonchev–Trinajstić information content (AvgIpc) is 2.30. The molecule has 0 spiro atoms. The second-order valence-corrected chi connectivity index (χ2v) is 5.74. The minimum Gasteiger partial charge on any atom is -0.310 e. The molecule has 0 heterocycles. The Morgan fingerprint density at radius 2 is 2.06 bits per heavy atom. The predicted octanol–water partition coefficient (Wildman–Crippen LogP) is 5.19. The molecule has 17 heavy (non-hydrogen) atoms. The van der Waals surface area contributed by atoms with E-state index in [9.17, 15) is 0 Å². The Morgan fingerprint density at radius 1 is 1.35 bits per heavy atom. The molecule has 1 aromatic carbocycles. The normalized spacial score (nSPS) is 14.6. The molecule has 0 aliphatic carbocycles. The number of hydrogen-bond donors (Lipinski definition) is 1. The lowest BCUT2D eigenvalue weighted by Gasteiger charge is -2.25. The molecule has 1 N–H and O–H groups in total. The van der Waals surface area contributed by atoms with Gasteiger partial charge in [0.25, 0.3) is 0 Å². The van der Waals surface area contributed by atoms with Crippen molar-refractivity contribution in [3.05, 3.63) is 33.3 Å². The molecule has 0 radical (unpaired) electrons. The monoisotopic (exact) mass is 317 g/mol. The molecule has 0 saturated carbocycles. The molecule has 0 bridgehead atoms. The summed E-state index contributed by atoms with van der Waals surface area (Å²) >= 11 is 9.53. The zero-order valence-electron chi connectivity index (χ0n) is 10.8. The van der Waals surface area contributed by atoms with Crippen LogP contribution in [0.3, 0.4) is 0 Å². The molecular formula is C14H21BrClN. The van der Waals surface area contributed by atoms with Crippen LogP contribution in [0.2, 0.25) is 5.02 Å². The van der Waals surface area contributed by atoms with E-state index in [0.717, 1.165) is 16.0 Å². The molecule has 0 amide bonds. The molecule has 0 fully saturated rings. The predicted molar refractivity (Wildman–Crippen MR) is 79.6 cm³/mol. The summed E-state index contributed by atoms with van der Waals surface area (Å²) in [5.74, 6) is 0.632. The van der Waals surface area contributed by atoms with Gasteiger partial charge < -0.3 is 5.32 Å². The van der Waals surface area contributed by atoms with E-state index in [1.165, 1.54) is 18.4 Å². The van der Waals surface area contributed by atoms with Crippen LogP contribution in [-0.4, -0.2) is 6.54 Å². The van der Waals surface area contributed by atoms with Crippen molar-refractivity contribution in [1.29, 1.82) is 0 Å². The Bertz CT molecular complexity index is 354. The number of halogens is 2. The maximum Gasteiger partial charge on any atom is 0.0548 e. The Kier molecular flexibility index (Phi) is 6.53. The summed E-state index contributed by atoms with van der Waals surface area (Å²) < 4.78 is 0.975. The highest BCUT2D eigenvalue weighted by Gasteiger charge is 2.18. The van der Waals surface area contributed by atoms with Crippen molar-refractivity contribution < 1.29 is 0 Å². The molecule has 2 unspecified atom stereocenters. The SMILES string of the molecule is CCCC(C)C(NCC)c1ccc(Cl)c(Br)c1. The van der Waals surface area contributed by atoms with Gasteiger partial charge in [0.15, 0.2) is 0 Å². The number of benzene rings is 1. The summed E-state index contributed by atoms with van der Waals surface area (Å²) in [6.45, 7) is 7.67. The summed E-state index contributed by atoms with van der Waals surface area (Å²) in [6, 6.07) is 6.62. The fourth-order valence-corrected chi connectivity index (χ4v) is 2.71. The standard InChI is InChI=1S/C14H21BrClN/c1-4-6-10(3)14(17-5-2)11-7-8-13(16)12(15)9-11/h7-10,14,17H,4-6H2,1-3H3. The van der Waals surface area contributed by atoms with E-state index in [4.69, 9.17) is 11.6 Å². The maximum absolute atomic E-state index is 6.04. The van der Waals surface area contributed by atoms with E-state index in [-0.39, 0.29) is 0 Å². The van der Waals surface area contributed by atoms with Crippen LogP contribution in [0.15, 0.2) is 22.7 Å². The van der Waals surface area contributed by atoms with Crippen molar-refractivity contribution in [2.45, 2.75) is 39.7 Å². The first-order valence-corrected chi connectivity index (χ1v) is 7.45. The molecule has 0 aliphatic heterocycles. The molecule has 0 saturated heterocycles. The minimum atomic E-state index is 0.411. The third kappa shape index (κ3) is 4.27. The Morgan fingerprint density at radius 3 is 2.59 bits per heavy atom. The van der Waals surface area contributed by atoms with Gasteiger partial charge in [-0.3, -0.25) is 0 Å². The van der Waals surface area contributed by atoms with Crippen LogP contribution >= 0.6 is 27.5 Å². The van der Waals surface area contributed by atoms with Gasteiger partial charge in [0, 0.05) is 10.5 Å². The summed E-state index contributed by atoms with van der Waals surface area (Å²) in [7, 11) is 0. The van der Waals surface area contributed by atoms with Gasteiger partial charge in [-0.1, -0.05) is 44.9 Å². The van der Waals surface area contributed by atoms with Crippen LogP contribution in [-0.2, 0) is 0 Å². The number of nitrogens with one attached hydrogen (secondary N) is 1. The van der Waals surface area contributed by atoms with Crippen LogP contribution in [0.25, 0.3) is 0 Å². The van der Waals surface area contributed by atoms with Crippen LogP contribution < -0.4 is 5.32 Å². The number of hydrogen-bond acceptors (Lipinski definition) is 1. The van der Waals surface area contributed by atoms with Crippen LogP contribution in [0.1, 0.15) is 45.2 Å². The molecule has 1 aromatic rings. The lowest BCUT2D eigenvalue weighted by atomic mass is 9.91. The van der Waals surface area contributed by atoms with Crippen molar-refractivity contribution in [3.63, 3.8) is 0 Å². The van der Waals surface area contributed by atoms with Gasteiger partial charge in [0.2, 0.25) is 0 Å². The van der Waals surface area contributed by atoms with Crippen LogP contribution in [0.4, 0.5) is 0 Å². The maximum atomic E-state index is 6.04. The Balaban J connectivity index is 2.92. The largest absolute Gasteiger partial charge is 0.310 e. The lowest BCUT2D eigenvalue weighted by Crippen LogP contribution is -2.26. The fraction of sp³-hybridized carbons (Fsp3) is 0.571. The summed E-state index contributed by atoms with van der Waals surface area (Å²) in [4.78, 5) is 0. The lowest BCUT2D eigenvalue weighted by molar-refractivity contribution is 0.369. The van der Waals surface area contributed by atoms with Crippen LogP contribution in [0.5, 0.6) is 0 Å². The molecule has 1 nitrogen and oxygen atoms in total. The molecular weight excluding hydrogens is 298 g/mol. The van der Waals surface area contributed by atoms with Crippen molar-refractivity contribution >= 4 is 27.5 Å². The van der Waals surface area contributed by atoms with Crippen LogP contribution in [0, 0.1) is 5.92 Å². The average molecular weight is 319 g/mol. The first-order valence-electron chi connectivity index (χ1n) is 6.28. The topological polar surface area (TPSA) is 12.0 Å². The highest BCUT2D eigenvalue weighted by atomic mass is 79.9. The summed E-state index contributed by atoms with van der Waals surface area (Å²) in [5.41, 5.74) is 1.31. The summed E-state index contributed by atoms with van der Waals surface area (Å²) in [6.07, 6.45) is 2.45. The smallest absolute Gasteiger partial charge is 0.0548 e. The van der Waals surface area contributed by atoms with E-state index in [2.05, 4.69) is 54.2 Å². The fourth-order valence-electron chi connectivity index (χ4n) is 2.20. The van der Waals surface area contributed by atoms with Gasteiger partial charge in [0.05, 0.1) is 5.02 Å². The molecule has 3 heteroatoms. The first-order chi connectivity index (χ1) is 8.10. The second-order valence-electron chi connectivity index (χ2n) is 4.47. The highest BCUT2D eigenvalue weighted by Crippen LogP contribution is 2.30. The Hall–Kier alpha value is -0.0500.